The second kappa shape index (κ2) is 7.55. The van der Waals surface area contributed by atoms with Gasteiger partial charge in [0.05, 0.1) is 6.20 Å². The number of nitrogens with zero attached hydrogens (tertiary/aromatic N) is 4. The fourth-order valence-electron chi connectivity index (χ4n) is 2.42. The summed E-state index contributed by atoms with van der Waals surface area (Å²) in [7, 11) is 1.96. The van der Waals surface area contributed by atoms with Gasteiger partial charge in [-0.2, -0.15) is 10.1 Å². The highest BCUT2D eigenvalue weighted by Gasteiger charge is 2.07. The average Bonchev–Trinajstić information content (AvgIpc) is 2.63. The zero-order chi connectivity index (χ0) is 16.8. The summed E-state index contributed by atoms with van der Waals surface area (Å²) in [6.07, 6.45) is 2.66. The van der Waals surface area contributed by atoms with Crippen molar-refractivity contribution in [3.05, 3.63) is 71.9 Å². The van der Waals surface area contributed by atoms with Gasteiger partial charge in [0.1, 0.15) is 0 Å². The first-order valence-corrected chi connectivity index (χ1v) is 8.05. The van der Waals surface area contributed by atoms with Crippen molar-refractivity contribution in [3.8, 4) is 0 Å². The van der Waals surface area contributed by atoms with E-state index in [0.717, 1.165) is 18.7 Å². The Morgan fingerprint density at radius 3 is 2.42 bits per heavy atom. The first-order valence-electron chi connectivity index (χ1n) is 8.05. The monoisotopic (exact) mass is 319 g/mol. The summed E-state index contributed by atoms with van der Waals surface area (Å²) in [6, 6.07) is 18.6. The maximum absolute atomic E-state index is 4.55. The Kier molecular flexibility index (Phi) is 5.01. The van der Waals surface area contributed by atoms with Crippen molar-refractivity contribution in [2.45, 2.75) is 19.9 Å². The average molecular weight is 319 g/mol. The lowest BCUT2D eigenvalue weighted by Crippen LogP contribution is -2.19. The molecule has 1 heterocycles. The fourth-order valence-corrected chi connectivity index (χ4v) is 2.42. The van der Waals surface area contributed by atoms with E-state index in [9.17, 15) is 0 Å². The Morgan fingerprint density at radius 1 is 0.958 bits per heavy atom. The van der Waals surface area contributed by atoms with Crippen molar-refractivity contribution in [3.63, 3.8) is 0 Å². The minimum Gasteiger partial charge on any atom is -0.339 e. The van der Waals surface area contributed by atoms with E-state index in [1.807, 2.05) is 42.3 Å². The molecule has 1 aromatic heterocycles. The summed E-state index contributed by atoms with van der Waals surface area (Å²) in [6.45, 7) is 2.88. The quantitative estimate of drug-likeness (QED) is 0.748. The molecule has 122 valence electrons. The highest BCUT2D eigenvalue weighted by molar-refractivity contribution is 5.56. The van der Waals surface area contributed by atoms with Crippen LogP contribution in [0.1, 0.15) is 18.1 Å². The molecule has 0 spiro atoms. The smallest absolute Gasteiger partial charge is 0.247 e. The Labute approximate surface area is 142 Å². The summed E-state index contributed by atoms with van der Waals surface area (Å²) in [5.74, 6) is 1.28. The molecule has 2 aromatic carbocycles. The second-order valence-corrected chi connectivity index (χ2v) is 5.66. The molecule has 0 radical (unpaired) electrons. The van der Waals surface area contributed by atoms with Crippen LogP contribution in [0.3, 0.4) is 0 Å². The van der Waals surface area contributed by atoms with Crippen molar-refractivity contribution in [1.29, 1.82) is 0 Å². The molecule has 24 heavy (non-hydrogen) atoms. The van der Waals surface area contributed by atoms with Gasteiger partial charge in [-0.15, -0.1) is 5.10 Å². The van der Waals surface area contributed by atoms with Crippen molar-refractivity contribution < 1.29 is 0 Å². The number of anilines is 3. The van der Waals surface area contributed by atoms with Gasteiger partial charge in [0.25, 0.3) is 0 Å². The highest BCUT2D eigenvalue weighted by atomic mass is 15.3. The van der Waals surface area contributed by atoms with Gasteiger partial charge >= 0.3 is 0 Å². The summed E-state index contributed by atoms with van der Waals surface area (Å²) in [5.41, 5.74) is 3.51. The lowest BCUT2D eigenvalue weighted by atomic mass is 10.1. The van der Waals surface area contributed by atoms with Crippen LogP contribution in [0.2, 0.25) is 0 Å². The van der Waals surface area contributed by atoms with Gasteiger partial charge in [0.15, 0.2) is 5.82 Å². The van der Waals surface area contributed by atoms with Crippen LogP contribution in [0.5, 0.6) is 0 Å². The summed E-state index contributed by atoms with van der Waals surface area (Å²) >= 11 is 0. The standard InChI is InChI=1S/C19H21N5/c1-3-15-9-11-17(12-10-15)21-18-13-20-23-19(22-18)24(2)14-16-7-5-4-6-8-16/h4-13H,3,14H2,1-2H3,(H,21,22,23). The molecule has 0 saturated heterocycles. The van der Waals surface area contributed by atoms with Crippen molar-refractivity contribution >= 4 is 17.5 Å². The number of hydrogen-bond donors (Lipinski definition) is 1. The summed E-state index contributed by atoms with van der Waals surface area (Å²) < 4.78 is 0. The minimum atomic E-state index is 0.592. The largest absolute Gasteiger partial charge is 0.339 e. The molecule has 5 heteroatoms. The van der Waals surface area contributed by atoms with E-state index < -0.39 is 0 Å². The zero-order valence-electron chi connectivity index (χ0n) is 14.0. The number of benzene rings is 2. The number of hydrogen-bond acceptors (Lipinski definition) is 5. The van der Waals surface area contributed by atoms with Crippen LogP contribution in [0.4, 0.5) is 17.5 Å². The Morgan fingerprint density at radius 2 is 1.71 bits per heavy atom. The number of nitrogens with one attached hydrogen (secondary N) is 1. The predicted molar refractivity (Wildman–Crippen MR) is 97.5 cm³/mol. The van der Waals surface area contributed by atoms with E-state index in [0.29, 0.717) is 11.8 Å². The third kappa shape index (κ3) is 4.07. The zero-order valence-corrected chi connectivity index (χ0v) is 14.0. The van der Waals surface area contributed by atoms with Gasteiger partial charge in [-0.3, -0.25) is 0 Å². The van der Waals surface area contributed by atoms with E-state index in [-0.39, 0.29) is 0 Å². The second-order valence-electron chi connectivity index (χ2n) is 5.66. The van der Waals surface area contributed by atoms with Crippen LogP contribution in [0.15, 0.2) is 60.8 Å². The SMILES string of the molecule is CCc1ccc(Nc2cnnc(N(C)Cc3ccccc3)n2)cc1. The van der Waals surface area contributed by atoms with E-state index in [1.165, 1.54) is 11.1 Å². The number of aromatic nitrogens is 3. The number of rotatable bonds is 6. The first kappa shape index (κ1) is 15.9. The molecular weight excluding hydrogens is 298 g/mol. The highest BCUT2D eigenvalue weighted by Crippen LogP contribution is 2.17. The lowest BCUT2D eigenvalue weighted by molar-refractivity contribution is 0.831. The normalized spacial score (nSPS) is 10.4. The van der Waals surface area contributed by atoms with Crippen LogP contribution in [0.25, 0.3) is 0 Å². The predicted octanol–water partition coefficient (Wildman–Crippen LogP) is 3.81. The molecule has 0 amide bonds. The molecule has 5 nitrogen and oxygen atoms in total. The summed E-state index contributed by atoms with van der Waals surface area (Å²) in [5, 5.41) is 11.5. The molecule has 1 N–H and O–H groups in total. The van der Waals surface area contributed by atoms with Crippen LogP contribution >= 0.6 is 0 Å². The minimum absolute atomic E-state index is 0.592. The summed E-state index contributed by atoms with van der Waals surface area (Å²) in [4.78, 5) is 6.53. The Bertz CT molecular complexity index is 771. The maximum Gasteiger partial charge on any atom is 0.247 e. The maximum atomic E-state index is 4.55. The van der Waals surface area contributed by atoms with E-state index in [1.54, 1.807) is 6.20 Å². The van der Waals surface area contributed by atoms with Gasteiger partial charge in [-0.25, -0.2) is 0 Å². The van der Waals surface area contributed by atoms with Gasteiger partial charge in [0, 0.05) is 19.3 Å². The molecule has 0 aliphatic heterocycles. The van der Waals surface area contributed by atoms with Crippen molar-refractivity contribution in [2.24, 2.45) is 0 Å². The van der Waals surface area contributed by atoms with Crippen LogP contribution < -0.4 is 10.2 Å². The fraction of sp³-hybridized carbons (Fsp3) is 0.211. The van der Waals surface area contributed by atoms with E-state index in [4.69, 9.17) is 0 Å². The molecule has 3 rings (SSSR count). The molecule has 0 aliphatic carbocycles. The van der Waals surface area contributed by atoms with Gasteiger partial charge in [0.2, 0.25) is 5.95 Å². The lowest BCUT2D eigenvalue weighted by Gasteiger charge is -2.17. The van der Waals surface area contributed by atoms with E-state index in [2.05, 4.69) is 51.7 Å². The first-order chi connectivity index (χ1) is 11.7. The molecular formula is C19H21N5. The Hall–Kier alpha value is -2.95. The van der Waals surface area contributed by atoms with Crippen molar-refractivity contribution in [1.82, 2.24) is 15.2 Å². The topological polar surface area (TPSA) is 53.9 Å². The Balaban J connectivity index is 1.71. The van der Waals surface area contributed by atoms with Crippen molar-refractivity contribution in [2.75, 3.05) is 17.3 Å². The van der Waals surface area contributed by atoms with Gasteiger partial charge < -0.3 is 10.2 Å². The molecule has 0 unspecified atom stereocenters. The third-order valence-corrected chi connectivity index (χ3v) is 3.79. The van der Waals surface area contributed by atoms with Crippen LogP contribution in [-0.2, 0) is 13.0 Å². The molecule has 0 saturated carbocycles. The number of aryl methyl sites for hydroxylation is 1. The molecule has 3 aromatic rings. The molecule has 0 bridgehead atoms. The van der Waals surface area contributed by atoms with Gasteiger partial charge in [-0.1, -0.05) is 49.4 Å². The van der Waals surface area contributed by atoms with E-state index >= 15 is 0 Å². The third-order valence-electron chi connectivity index (χ3n) is 3.79. The molecule has 0 fully saturated rings. The van der Waals surface area contributed by atoms with Crippen LogP contribution in [0, 0.1) is 0 Å². The van der Waals surface area contributed by atoms with Gasteiger partial charge in [-0.05, 0) is 29.7 Å². The van der Waals surface area contributed by atoms with Crippen LogP contribution in [-0.4, -0.2) is 22.2 Å². The molecule has 0 atom stereocenters. The molecule has 0 aliphatic rings.